The Kier molecular flexibility index (Phi) is 3.56. The van der Waals surface area contributed by atoms with Gasteiger partial charge in [-0.05, 0) is 24.3 Å². The lowest BCUT2D eigenvalue weighted by molar-refractivity contribution is 0.311. The third-order valence-electron chi connectivity index (χ3n) is 2.69. The number of halogens is 1. The van der Waals surface area contributed by atoms with Crippen molar-refractivity contribution >= 4 is 28.6 Å². The summed E-state index contributed by atoms with van der Waals surface area (Å²) in [4.78, 5) is 8.42. The first kappa shape index (κ1) is 13.2. The van der Waals surface area contributed by atoms with Gasteiger partial charge in [-0.1, -0.05) is 0 Å². The fraction of sp³-hybridized carbons (Fsp3) is 0.167. The molecule has 3 rings (SSSR count). The van der Waals surface area contributed by atoms with Gasteiger partial charge in [0.25, 0.3) is 0 Å². The summed E-state index contributed by atoms with van der Waals surface area (Å²) in [5.41, 5.74) is 1.51. The van der Waals surface area contributed by atoms with Gasteiger partial charge in [0, 0.05) is 12.2 Å². The minimum atomic E-state index is -0.319. The maximum Gasteiger partial charge on any atom is 0.227 e. The number of aromatic amines is 1. The van der Waals surface area contributed by atoms with Crippen LogP contribution in [-0.4, -0.2) is 43.6 Å². The van der Waals surface area contributed by atoms with Gasteiger partial charge in [-0.3, -0.25) is 0 Å². The van der Waals surface area contributed by atoms with E-state index in [2.05, 4.69) is 36.0 Å². The van der Waals surface area contributed by atoms with Crippen LogP contribution in [0.1, 0.15) is 0 Å². The Balaban J connectivity index is 1.95. The second-order valence-corrected chi connectivity index (χ2v) is 4.17. The third kappa shape index (κ3) is 2.87. The first-order chi connectivity index (χ1) is 10.3. The molecular weight excluding hydrogens is 277 g/mol. The Labute approximate surface area is 118 Å². The van der Waals surface area contributed by atoms with Crippen molar-refractivity contribution in [2.24, 2.45) is 0 Å². The largest absolute Gasteiger partial charge is 0.395 e. The number of hydrogen-bond donors (Lipinski definition) is 4. The van der Waals surface area contributed by atoms with Crippen molar-refractivity contribution in [3.05, 3.63) is 30.1 Å². The number of anilines is 3. The number of fused-ring (bicyclic) bond motifs is 1. The number of rotatable bonds is 5. The van der Waals surface area contributed by atoms with Crippen LogP contribution >= 0.6 is 0 Å². The van der Waals surface area contributed by atoms with Crippen LogP contribution < -0.4 is 10.6 Å². The Morgan fingerprint density at radius 3 is 2.71 bits per heavy atom. The van der Waals surface area contributed by atoms with E-state index >= 15 is 0 Å². The van der Waals surface area contributed by atoms with Crippen molar-refractivity contribution in [1.82, 2.24) is 25.4 Å². The van der Waals surface area contributed by atoms with Crippen LogP contribution in [0.3, 0.4) is 0 Å². The lowest BCUT2D eigenvalue weighted by atomic mass is 10.3. The molecule has 1 aromatic carbocycles. The molecule has 0 bridgehead atoms. The summed E-state index contributed by atoms with van der Waals surface area (Å²) in [6, 6.07) is 5.86. The monoisotopic (exact) mass is 289 g/mol. The van der Waals surface area contributed by atoms with Crippen LogP contribution in [0.4, 0.5) is 21.8 Å². The van der Waals surface area contributed by atoms with Crippen molar-refractivity contribution in [2.45, 2.75) is 0 Å². The number of nitrogens with one attached hydrogen (secondary N) is 3. The molecule has 21 heavy (non-hydrogen) atoms. The molecule has 2 aromatic heterocycles. The molecule has 0 aliphatic carbocycles. The highest BCUT2D eigenvalue weighted by atomic mass is 19.1. The van der Waals surface area contributed by atoms with Gasteiger partial charge < -0.3 is 15.7 Å². The van der Waals surface area contributed by atoms with E-state index in [1.807, 2.05) is 0 Å². The predicted octanol–water partition coefficient (Wildman–Crippen LogP) is 1.03. The van der Waals surface area contributed by atoms with Crippen LogP contribution in [0.15, 0.2) is 24.3 Å². The van der Waals surface area contributed by atoms with E-state index in [9.17, 15) is 4.39 Å². The zero-order valence-corrected chi connectivity index (χ0v) is 10.8. The zero-order chi connectivity index (χ0) is 14.7. The molecule has 0 unspecified atom stereocenters. The fourth-order valence-corrected chi connectivity index (χ4v) is 1.75. The molecular formula is C12H12FN7O. The van der Waals surface area contributed by atoms with Crippen molar-refractivity contribution < 1.29 is 9.50 Å². The van der Waals surface area contributed by atoms with E-state index in [1.54, 1.807) is 12.1 Å². The molecule has 0 radical (unpaired) electrons. The molecule has 0 aliphatic rings. The number of aliphatic hydroxyl groups is 1. The normalized spacial score (nSPS) is 10.8. The molecule has 2 heterocycles. The topological polar surface area (TPSA) is 112 Å². The average Bonchev–Trinajstić information content (AvgIpc) is 2.96. The highest BCUT2D eigenvalue weighted by molar-refractivity contribution is 5.85. The predicted molar refractivity (Wildman–Crippen MR) is 74.7 cm³/mol. The smallest absolute Gasteiger partial charge is 0.227 e. The lowest BCUT2D eigenvalue weighted by Gasteiger charge is -2.08. The van der Waals surface area contributed by atoms with Gasteiger partial charge in [-0.2, -0.15) is 20.3 Å². The van der Waals surface area contributed by atoms with E-state index in [1.165, 1.54) is 12.1 Å². The maximum absolute atomic E-state index is 12.9. The molecule has 0 saturated heterocycles. The molecule has 8 nitrogen and oxygen atoms in total. The van der Waals surface area contributed by atoms with Gasteiger partial charge in [-0.15, -0.1) is 5.10 Å². The molecule has 108 valence electrons. The summed E-state index contributed by atoms with van der Waals surface area (Å²) in [6.07, 6.45) is 0. The standard InChI is InChI=1S/C12H12FN7O/c13-7-1-3-8(4-2-7)15-10-9-11(19-20-18-9)17-12(16-10)14-5-6-21/h1-4,21H,5-6H2,(H3,14,15,16,17,18,19,20). The van der Waals surface area contributed by atoms with Gasteiger partial charge in [-0.25, -0.2) is 4.39 Å². The Bertz CT molecular complexity index is 743. The minimum Gasteiger partial charge on any atom is -0.395 e. The summed E-state index contributed by atoms with van der Waals surface area (Å²) in [5.74, 6) is 0.427. The summed E-state index contributed by atoms with van der Waals surface area (Å²) in [6.45, 7) is 0.278. The van der Waals surface area contributed by atoms with E-state index < -0.39 is 0 Å². The number of aliphatic hydroxyl groups excluding tert-OH is 1. The Hall–Kier alpha value is -2.81. The molecule has 9 heteroatoms. The van der Waals surface area contributed by atoms with Gasteiger partial charge >= 0.3 is 0 Å². The molecule has 0 atom stereocenters. The summed E-state index contributed by atoms with van der Waals surface area (Å²) >= 11 is 0. The van der Waals surface area contributed by atoms with E-state index in [4.69, 9.17) is 5.11 Å². The van der Waals surface area contributed by atoms with Crippen molar-refractivity contribution in [3.63, 3.8) is 0 Å². The van der Waals surface area contributed by atoms with E-state index in [0.717, 1.165) is 0 Å². The Morgan fingerprint density at radius 2 is 1.95 bits per heavy atom. The summed E-state index contributed by atoms with van der Waals surface area (Å²) in [7, 11) is 0. The first-order valence-corrected chi connectivity index (χ1v) is 6.22. The number of benzene rings is 1. The number of aromatic nitrogens is 5. The Morgan fingerprint density at radius 1 is 1.14 bits per heavy atom. The van der Waals surface area contributed by atoms with Crippen LogP contribution in [0.25, 0.3) is 11.2 Å². The third-order valence-corrected chi connectivity index (χ3v) is 2.69. The van der Waals surface area contributed by atoms with Crippen molar-refractivity contribution in [2.75, 3.05) is 23.8 Å². The van der Waals surface area contributed by atoms with Gasteiger partial charge in [0.1, 0.15) is 5.82 Å². The molecule has 3 aromatic rings. The summed E-state index contributed by atoms with van der Waals surface area (Å²) in [5, 5.41) is 25.1. The quantitative estimate of drug-likeness (QED) is 0.555. The molecule has 0 spiro atoms. The number of nitrogens with zero attached hydrogens (tertiary/aromatic N) is 4. The van der Waals surface area contributed by atoms with E-state index in [-0.39, 0.29) is 12.4 Å². The number of H-pyrrole nitrogens is 1. The van der Waals surface area contributed by atoms with Crippen LogP contribution in [-0.2, 0) is 0 Å². The SMILES string of the molecule is OCCNc1nc(Nc2ccc(F)cc2)c2n[nH]nc2n1. The second-order valence-electron chi connectivity index (χ2n) is 4.17. The fourth-order valence-electron chi connectivity index (χ4n) is 1.75. The second kappa shape index (κ2) is 5.67. The highest BCUT2D eigenvalue weighted by Crippen LogP contribution is 2.22. The number of hydrogen-bond acceptors (Lipinski definition) is 7. The average molecular weight is 289 g/mol. The van der Waals surface area contributed by atoms with Gasteiger partial charge in [0.05, 0.1) is 6.61 Å². The van der Waals surface area contributed by atoms with E-state index in [0.29, 0.717) is 35.2 Å². The molecule has 4 N–H and O–H groups in total. The zero-order valence-electron chi connectivity index (χ0n) is 10.8. The van der Waals surface area contributed by atoms with Crippen molar-refractivity contribution in [1.29, 1.82) is 0 Å². The van der Waals surface area contributed by atoms with Crippen LogP contribution in [0, 0.1) is 5.82 Å². The van der Waals surface area contributed by atoms with Gasteiger partial charge in [0.2, 0.25) is 11.6 Å². The molecule has 0 saturated carbocycles. The molecule has 0 aliphatic heterocycles. The minimum absolute atomic E-state index is 0.0407. The highest BCUT2D eigenvalue weighted by Gasteiger charge is 2.11. The first-order valence-electron chi connectivity index (χ1n) is 6.22. The van der Waals surface area contributed by atoms with Crippen molar-refractivity contribution in [3.8, 4) is 0 Å². The maximum atomic E-state index is 12.9. The van der Waals surface area contributed by atoms with Crippen LogP contribution in [0.2, 0.25) is 0 Å². The lowest BCUT2D eigenvalue weighted by Crippen LogP contribution is -2.10. The van der Waals surface area contributed by atoms with Gasteiger partial charge in [0.15, 0.2) is 11.3 Å². The summed E-state index contributed by atoms with van der Waals surface area (Å²) < 4.78 is 12.9. The van der Waals surface area contributed by atoms with Crippen LogP contribution in [0.5, 0.6) is 0 Å². The molecule has 0 fully saturated rings. The molecule has 0 amide bonds.